The first-order valence-electron chi connectivity index (χ1n) is 8.66. The van der Waals surface area contributed by atoms with Gasteiger partial charge in [-0.25, -0.2) is 0 Å². The Kier molecular flexibility index (Phi) is 3.99. The predicted molar refractivity (Wildman–Crippen MR) is 102 cm³/mol. The maximum atomic E-state index is 8.90. The van der Waals surface area contributed by atoms with Crippen LogP contribution < -0.4 is 10.2 Å². The molecule has 0 atom stereocenters. The van der Waals surface area contributed by atoms with Gasteiger partial charge in [-0.05, 0) is 68.3 Å². The van der Waals surface area contributed by atoms with Gasteiger partial charge in [0.1, 0.15) is 0 Å². The van der Waals surface area contributed by atoms with Crippen LogP contribution in [0.3, 0.4) is 0 Å². The van der Waals surface area contributed by atoms with Crippen molar-refractivity contribution in [2.75, 3.05) is 23.3 Å². The molecule has 0 bridgehead atoms. The zero-order valence-corrected chi connectivity index (χ0v) is 14.3. The largest absolute Gasteiger partial charge is 0.371 e. The number of aryl methyl sites for hydroxylation is 1. The Bertz CT molecular complexity index is 948. The van der Waals surface area contributed by atoms with Crippen LogP contribution in [-0.4, -0.2) is 18.1 Å². The summed E-state index contributed by atoms with van der Waals surface area (Å²) >= 11 is 0. The van der Waals surface area contributed by atoms with Crippen molar-refractivity contribution in [3.8, 4) is 6.07 Å². The van der Waals surface area contributed by atoms with Crippen LogP contribution in [0.1, 0.15) is 24.1 Å². The zero-order chi connectivity index (χ0) is 17.2. The fraction of sp³-hybridized carbons (Fsp3) is 0.238. The van der Waals surface area contributed by atoms with Crippen LogP contribution in [0, 0.1) is 18.3 Å². The summed E-state index contributed by atoms with van der Waals surface area (Å²) in [6.07, 6.45) is 2.53. The first-order valence-corrected chi connectivity index (χ1v) is 8.66. The van der Waals surface area contributed by atoms with E-state index in [1.165, 1.54) is 23.9 Å². The zero-order valence-electron chi connectivity index (χ0n) is 14.3. The number of rotatable bonds is 3. The highest BCUT2D eigenvalue weighted by molar-refractivity contribution is 5.94. The van der Waals surface area contributed by atoms with E-state index in [2.05, 4.69) is 47.5 Å². The van der Waals surface area contributed by atoms with Crippen LogP contribution in [0.4, 0.5) is 17.1 Å². The van der Waals surface area contributed by atoms with Crippen LogP contribution in [0.5, 0.6) is 0 Å². The summed E-state index contributed by atoms with van der Waals surface area (Å²) in [5.41, 5.74) is 5.99. The molecular weight excluding hydrogens is 308 g/mol. The summed E-state index contributed by atoms with van der Waals surface area (Å²) in [5.74, 6) is 0. The van der Waals surface area contributed by atoms with Gasteiger partial charge in [0, 0.05) is 41.2 Å². The van der Waals surface area contributed by atoms with E-state index >= 15 is 0 Å². The summed E-state index contributed by atoms with van der Waals surface area (Å²) in [6, 6.07) is 18.2. The maximum Gasteiger partial charge on any atom is 0.0991 e. The molecule has 0 radical (unpaired) electrons. The number of pyridine rings is 1. The van der Waals surface area contributed by atoms with E-state index in [0.29, 0.717) is 5.56 Å². The van der Waals surface area contributed by atoms with Crippen LogP contribution in [0.15, 0.2) is 48.5 Å². The van der Waals surface area contributed by atoms with Crippen LogP contribution in [0.2, 0.25) is 0 Å². The highest BCUT2D eigenvalue weighted by atomic mass is 15.1. The fourth-order valence-corrected chi connectivity index (χ4v) is 3.43. The van der Waals surface area contributed by atoms with Crippen molar-refractivity contribution in [1.29, 1.82) is 5.26 Å². The van der Waals surface area contributed by atoms with Crippen LogP contribution in [-0.2, 0) is 0 Å². The van der Waals surface area contributed by atoms with Crippen molar-refractivity contribution in [2.24, 2.45) is 0 Å². The van der Waals surface area contributed by atoms with Gasteiger partial charge in [-0.15, -0.1) is 0 Å². The molecule has 1 aliphatic heterocycles. The summed E-state index contributed by atoms with van der Waals surface area (Å²) in [6.45, 7) is 4.31. The lowest BCUT2D eigenvalue weighted by atomic mass is 10.1. The van der Waals surface area contributed by atoms with Gasteiger partial charge in [0.15, 0.2) is 0 Å². The number of aromatic nitrogens is 1. The third kappa shape index (κ3) is 3.14. The minimum Gasteiger partial charge on any atom is -0.371 e. The van der Waals surface area contributed by atoms with Gasteiger partial charge in [-0.3, -0.25) is 4.98 Å². The minimum atomic E-state index is 0.664. The summed E-state index contributed by atoms with van der Waals surface area (Å²) < 4.78 is 0. The van der Waals surface area contributed by atoms with Gasteiger partial charge >= 0.3 is 0 Å². The Morgan fingerprint density at radius 3 is 2.44 bits per heavy atom. The molecule has 124 valence electrons. The molecule has 0 aliphatic carbocycles. The topological polar surface area (TPSA) is 52.0 Å². The number of nitrogens with zero attached hydrogens (tertiary/aromatic N) is 3. The quantitative estimate of drug-likeness (QED) is 0.753. The lowest BCUT2D eigenvalue weighted by Crippen LogP contribution is -2.18. The number of anilines is 3. The molecule has 3 aromatic rings. The molecule has 0 unspecified atom stereocenters. The third-order valence-corrected chi connectivity index (χ3v) is 4.67. The van der Waals surface area contributed by atoms with Crippen LogP contribution >= 0.6 is 0 Å². The Hall–Kier alpha value is -3.06. The SMILES string of the molecule is Cc1cc(N2CCCC2)c2ccc(Nc3ccc(C#N)cc3)cc2n1. The molecule has 0 saturated carbocycles. The molecule has 4 nitrogen and oxygen atoms in total. The van der Waals surface area contributed by atoms with Gasteiger partial charge in [0.25, 0.3) is 0 Å². The monoisotopic (exact) mass is 328 g/mol. The van der Waals surface area contributed by atoms with Gasteiger partial charge in [-0.2, -0.15) is 5.26 Å². The van der Waals surface area contributed by atoms with E-state index in [1.54, 1.807) is 0 Å². The first kappa shape index (κ1) is 15.5. The van der Waals surface area contributed by atoms with E-state index < -0.39 is 0 Å². The molecule has 1 aliphatic rings. The molecule has 25 heavy (non-hydrogen) atoms. The minimum absolute atomic E-state index is 0.664. The molecule has 1 saturated heterocycles. The molecule has 4 heteroatoms. The van der Waals surface area contributed by atoms with Gasteiger partial charge in [0.2, 0.25) is 0 Å². The van der Waals surface area contributed by atoms with Gasteiger partial charge < -0.3 is 10.2 Å². The average molecular weight is 328 g/mol. The van der Waals surface area contributed by atoms with E-state index in [1.807, 2.05) is 24.3 Å². The number of hydrogen-bond donors (Lipinski definition) is 1. The maximum absolute atomic E-state index is 8.90. The van der Waals surface area contributed by atoms with Crippen molar-refractivity contribution in [2.45, 2.75) is 19.8 Å². The Balaban J connectivity index is 1.68. The average Bonchev–Trinajstić information content (AvgIpc) is 3.16. The predicted octanol–water partition coefficient (Wildman–Crippen LogP) is 4.76. The second-order valence-corrected chi connectivity index (χ2v) is 6.52. The van der Waals surface area contributed by atoms with Gasteiger partial charge in [-0.1, -0.05) is 0 Å². The number of fused-ring (bicyclic) bond motifs is 1. The Morgan fingerprint density at radius 2 is 1.72 bits per heavy atom. The summed E-state index contributed by atoms with van der Waals surface area (Å²) in [4.78, 5) is 7.19. The number of hydrogen-bond acceptors (Lipinski definition) is 4. The molecule has 1 aromatic heterocycles. The standard InChI is InChI=1S/C21H20N4/c1-15-12-21(25-10-2-3-11-25)19-9-8-18(13-20(19)23-15)24-17-6-4-16(14-22)5-7-17/h4-9,12-13,24H,2-3,10-11H2,1H3. The lowest BCUT2D eigenvalue weighted by molar-refractivity contribution is 0.949. The molecular formula is C21H20N4. The number of nitriles is 1. The number of benzene rings is 2. The summed E-state index contributed by atoms with van der Waals surface area (Å²) in [7, 11) is 0. The van der Waals surface area contributed by atoms with Crippen molar-refractivity contribution >= 4 is 28.0 Å². The molecule has 0 amide bonds. The van der Waals surface area contributed by atoms with Crippen molar-refractivity contribution in [1.82, 2.24) is 4.98 Å². The highest BCUT2D eigenvalue weighted by Crippen LogP contribution is 2.31. The molecule has 0 spiro atoms. The first-order chi connectivity index (χ1) is 12.2. The van der Waals surface area contributed by atoms with Crippen LogP contribution in [0.25, 0.3) is 10.9 Å². The van der Waals surface area contributed by atoms with Crippen molar-refractivity contribution < 1.29 is 0 Å². The second kappa shape index (κ2) is 6.45. The molecule has 4 rings (SSSR count). The molecule has 2 aromatic carbocycles. The van der Waals surface area contributed by atoms with Gasteiger partial charge in [0.05, 0.1) is 17.1 Å². The smallest absolute Gasteiger partial charge is 0.0991 e. The van der Waals surface area contributed by atoms with Crippen molar-refractivity contribution in [3.63, 3.8) is 0 Å². The van der Waals surface area contributed by atoms with Crippen molar-refractivity contribution in [3.05, 3.63) is 59.8 Å². The van der Waals surface area contributed by atoms with E-state index in [4.69, 9.17) is 10.2 Å². The Labute approximate surface area is 147 Å². The van der Waals surface area contributed by atoms with E-state index in [9.17, 15) is 0 Å². The Morgan fingerprint density at radius 1 is 1.00 bits per heavy atom. The lowest BCUT2D eigenvalue weighted by Gasteiger charge is -2.20. The highest BCUT2D eigenvalue weighted by Gasteiger charge is 2.16. The summed E-state index contributed by atoms with van der Waals surface area (Å²) in [5, 5.41) is 13.5. The molecule has 2 heterocycles. The van der Waals surface area contributed by atoms with E-state index in [0.717, 1.165) is 35.7 Å². The second-order valence-electron chi connectivity index (χ2n) is 6.52. The van der Waals surface area contributed by atoms with E-state index in [-0.39, 0.29) is 0 Å². The fourth-order valence-electron chi connectivity index (χ4n) is 3.43. The normalized spacial score (nSPS) is 13.8. The molecule has 1 N–H and O–H groups in total. The molecule has 1 fully saturated rings. The number of nitrogens with one attached hydrogen (secondary N) is 1. The third-order valence-electron chi connectivity index (χ3n) is 4.67.